The Hall–Kier alpha value is -2.86. The van der Waals surface area contributed by atoms with Crippen molar-refractivity contribution in [3.05, 3.63) is 53.6 Å². The molecule has 0 aliphatic carbocycles. The molecule has 27 heavy (non-hydrogen) atoms. The number of hydrogen-bond donors (Lipinski definition) is 1. The van der Waals surface area contributed by atoms with E-state index in [2.05, 4.69) is 16.3 Å². The number of anilines is 2. The first-order valence-electron chi connectivity index (χ1n) is 9.00. The first-order valence-corrected chi connectivity index (χ1v) is 9.00. The summed E-state index contributed by atoms with van der Waals surface area (Å²) in [6, 6.07) is 12.8. The van der Waals surface area contributed by atoms with Gasteiger partial charge in [-0.3, -0.25) is 9.59 Å². The number of nitrogens with zero attached hydrogens (tertiary/aromatic N) is 1. The van der Waals surface area contributed by atoms with Gasteiger partial charge in [0.25, 0.3) is 5.91 Å². The van der Waals surface area contributed by atoms with Gasteiger partial charge in [0.2, 0.25) is 0 Å². The molecule has 1 aliphatic heterocycles. The Morgan fingerprint density at radius 2 is 1.93 bits per heavy atom. The minimum atomic E-state index is -0.245. The maximum atomic E-state index is 12.2. The Labute approximate surface area is 159 Å². The van der Waals surface area contributed by atoms with Gasteiger partial charge in [-0.1, -0.05) is 12.1 Å². The quantitative estimate of drug-likeness (QED) is 0.794. The van der Waals surface area contributed by atoms with Crippen LogP contribution in [0.4, 0.5) is 11.4 Å². The Kier molecular flexibility index (Phi) is 6.08. The number of ketones is 1. The molecule has 0 radical (unpaired) electrons. The van der Waals surface area contributed by atoms with Crippen molar-refractivity contribution in [2.45, 2.75) is 13.8 Å². The zero-order chi connectivity index (χ0) is 19.2. The van der Waals surface area contributed by atoms with Crippen molar-refractivity contribution in [2.75, 3.05) is 43.1 Å². The van der Waals surface area contributed by atoms with Gasteiger partial charge in [0.1, 0.15) is 5.75 Å². The van der Waals surface area contributed by atoms with Crippen molar-refractivity contribution in [3.8, 4) is 5.75 Å². The van der Waals surface area contributed by atoms with E-state index in [-0.39, 0.29) is 18.3 Å². The predicted molar refractivity (Wildman–Crippen MR) is 105 cm³/mol. The van der Waals surface area contributed by atoms with Crippen LogP contribution in [0.3, 0.4) is 0 Å². The Morgan fingerprint density at radius 3 is 2.63 bits per heavy atom. The van der Waals surface area contributed by atoms with Crippen LogP contribution in [0.2, 0.25) is 0 Å². The van der Waals surface area contributed by atoms with Gasteiger partial charge in [-0.15, -0.1) is 0 Å². The van der Waals surface area contributed by atoms with Crippen LogP contribution < -0.4 is 15.0 Å². The molecule has 142 valence electrons. The lowest BCUT2D eigenvalue weighted by molar-refractivity contribution is -0.118. The number of morpholine rings is 1. The van der Waals surface area contributed by atoms with Gasteiger partial charge in [-0.25, -0.2) is 0 Å². The second-order valence-electron chi connectivity index (χ2n) is 6.52. The fourth-order valence-electron chi connectivity index (χ4n) is 2.95. The largest absolute Gasteiger partial charge is 0.484 e. The third-order valence-electron chi connectivity index (χ3n) is 4.47. The van der Waals surface area contributed by atoms with Crippen LogP contribution in [0.15, 0.2) is 42.5 Å². The van der Waals surface area contributed by atoms with Crippen LogP contribution in [-0.4, -0.2) is 44.6 Å². The molecule has 0 unspecified atom stereocenters. The summed E-state index contributed by atoms with van der Waals surface area (Å²) in [5, 5.41) is 2.87. The Bertz CT molecular complexity index is 829. The van der Waals surface area contributed by atoms with E-state index in [1.54, 1.807) is 24.3 Å². The number of Topliss-reactive ketones (excluding diaryl/α,β-unsaturated/α-hetero) is 1. The first kappa shape index (κ1) is 18.9. The number of carbonyl (C=O) groups is 2. The van der Waals surface area contributed by atoms with E-state index in [4.69, 9.17) is 9.47 Å². The predicted octanol–water partition coefficient (Wildman–Crippen LogP) is 3.05. The topological polar surface area (TPSA) is 67.9 Å². The summed E-state index contributed by atoms with van der Waals surface area (Å²) in [5.74, 6) is 0.212. The maximum absolute atomic E-state index is 12.2. The summed E-state index contributed by atoms with van der Waals surface area (Å²) in [7, 11) is 0. The highest BCUT2D eigenvalue weighted by Crippen LogP contribution is 2.23. The van der Waals surface area contributed by atoms with Crippen molar-refractivity contribution >= 4 is 23.1 Å². The number of nitrogens with one attached hydrogen (secondary N) is 1. The number of aryl methyl sites for hydroxylation is 1. The average molecular weight is 368 g/mol. The van der Waals surface area contributed by atoms with E-state index in [0.717, 1.165) is 43.2 Å². The van der Waals surface area contributed by atoms with Gasteiger partial charge in [0.15, 0.2) is 12.4 Å². The number of carbonyl (C=O) groups excluding carboxylic acids is 2. The molecule has 0 saturated carbocycles. The zero-order valence-corrected chi connectivity index (χ0v) is 15.7. The van der Waals surface area contributed by atoms with E-state index in [0.29, 0.717) is 11.3 Å². The van der Waals surface area contributed by atoms with Gasteiger partial charge in [0, 0.05) is 30.0 Å². The number of ether oxygens (including phenoxy) is 2. The molecule has 6 heteroatoms. The number of hydrogen-bond acceptors (Lipinski definition) is 5. The molecule has 0 spiro atoms. The molecule has 3 rings (SSSR count). The van der Waals surface area contributed by atoms with Crippen molar-refractivity contribution in [1.82, 2.24) is 0 Å². The number of amides is 1. The molecule has 2 aromatic carbocycles. The van der Waals surface area contributed by atoms with Crippen molar-refractivity contribution in [2.24, 2.45) is 0 Å². The lowest BCUT2D eigenvalue weighted by Gasteiger charge is -2.29. The molecule has 1 aliphatic rings. The van der Waals surface area contributed by atoms with Crippen molar-refractivity contribution in [1.29, 1.82) is 0 Å². The molecular weight excluding hydrogens is 344 g/mol. The first-order chi connectivity index (χ1) is 13.0. The minimum absolute atomic E-state index is 0.0408. The summed E-state index contributed by atoms with van der Waals surface area (Å²) in [4.78, 5) is 25.9. The summed E-state index contributed by atoms with van der Waals surface area (Å²) in [6.07, 6.45) is 0. The van der Waals surface area contributed by atoms with Gasteiger partial charge >= 0.3 is 0 Å². The highest BCUT2D eigenvalue weighted by Gasteiger charge is 2.13. The van der Waals surface area contributed by atoms with E-state index in [1.165, 1.54) is 6.92 Å². The monoisotopic (exact) mass is 368 g/mol. The van der Waals surface area contributed by atoms with Gasteiger partial charge in [-0.2, -0.15) is 0 Å². The lowest BCUT2D eigenvalue weighted by atomic mass is 10.1. The standard InChI is InChI=1S/C21H24N2O4/c1-15-12-18(23-8-10-26-11-9-23)6-7-20(15)22-21(25)14-27-19-5-3-4-17(13-19)16(2)24/h3-7,12-13H,8-11,14H2,1-2H3,(H,22,25). The molecular formula is C21H24N2O4. The smallest absolute Gasteiger partial charge is 0.262 e. The highest BCUT2D eigenvalue weighted by atomic mass is 16.5. The third kappa shape index (κ3) is 5.08. The average Bonchev–Trinajstić information content (AvgIpc) is 2.69. The fraction of sp³-hybridized carbons (Fsp3) is 0.333. The number of rotatable bonds is 6. The Balaban J connectivity index is 1.57. The SMILES string of the molecule is CC(=O)c1cccc(OCC(=O)Nc2ccc(N3CCOCC3)cc2C)c1. The second kappa shape index (κ2) is 8.68. The zero-order valence-electron chi connectivity index (χ0n) is 15.7. The van der Waals surface area contributed by atoms with E-state index < -0.39 is 0 Å². The normalized spacial score (nSPS) is 13.9. The molecule has 6 nitrogen and oxygen atoms in total. The summed E-state index contributed by atoms with van der Waals surface area (Å²) >= 11 is 0. The highest BCUT2D eigenvalue weighted by molar-refractivity contribution is 5.94. The van der Waals surface area contributed by atoms with Gasteiger partial charge in [-0.05, 0) is 49.7 Å². The van der Waals surface area contributed by atoms with Crippen molar-refractivity contribution < 1.29 is 19.1 Å². The Morgan fingerprint density at radius 1 is 1.15 bits per heavy atom. The molecule has 1 saturated heterocycles. The maximum Gasteiger partial charge on any atom is 0.262 e. The number of benzene rings is 2. The molecule has 0 bridgehead atoms. The van der Waals surface area contributed by atoms with E-state index in [9.17, 15) is 9.59 Å². The van der Waals surface area contributed by atoms with Crippen LogP contribution >= 0.6 is 0 Å². The van der Waals surface area contributed by atoms with E-state index >= 15 is 0 Å². The molecule has 2 aromatic rings. The molecule has 0 aromatic heterocycles. The summed E-state index contributed by atoms with van der Waals surface area (Å²) in [6.45, 7) is 6.56. The molecule has 1 fully saturated rings. The van der Waals surface area contributed by atoms with Crippen LogP contribution in [0.25, 0.3) is 0 Å². The lowest BCUT2D eigenvalue weighted by Crippen LogP contribution is -2.36. The fourth-order valence-corrected chi connectivity index (χ4v) is 2.95. The van der Waals surface area contributed by atoms with E-state index in [1.807, 2.05) is 19.1 Å². The molecule has 0 atom stereocenters. The third-order valence-corrected chi connectivity index (χ3v) is 4.47. The van der Waals surface area contributed by atoms with Crippen LogP contribution in [0.5, 0.6) is 5.75 Å². The van der Waals surface area contributed by atoms with Crippen LogP contribution in [0, 0.1) is 6.92 Å². The molecule has 1 amide bonds. The van der Waals surface area contributed by atoms with Crippen LogP contribution in [-0.2, 0) is 9.53 Å². The minimum Gasteiger partial charge on any atom is -0.484 e. The van der Waals surface area contributed by atoms with Gasteiger partial charge in [0.05, 0.1) is 13.2 Å². The van der Waals surface area contributed by atoms with Crippen LogP contribution in [0.1, 0.15) is 22.8 Å². The van der Waals surface area contributed by atoms with Gasteiger partial charge < -0.3 is 19.7 Å². The second-order valence-corrected chi connectivity index (χ2v) is 6.52. The summed E-state index contributed by atoms with van der Waals surface area (Å²) < 4.78 is 10.9. The molecule has 1 heterocycles. The van der Waals surface area contributed by atoms with Crippen molar-refractivity contribution in [3.63, 3.8) is 0 Å². The molecule has 1 N–H and O–H groups in total. The summed E-state index contributed by atoms with van der Waals surface area (Å²) in [5.41, 5.74) is 3.44.